The summed E-state index contributed by atoms with van der Waals surface area (Å²) in [5, 5.41) is 14.0. The van der Waals surface area contributed by atoms with Crippen molar-refractivity contribution in [3.05, 3.63) is 47.7 Å². The smallest absolute Gasteiger partial charge is 0.240 e. The zero-order valence-electron chi connectivity index (χ0n) is 15.5. The number of phenols is 1. The quantitative estimate of drug-likeness (QED) is 0.751. The van der Waals surface area contributed by atoms with Crippen molar-refractivity contribution in [2.24, 2.45) is 0 Å². The van der Waals surface area contributed by atoms with Gasteiger partial charge in [0.2, 0.25) is 5.89 Å². The molecule has 1 fully saturated rings. The van der Waals surface area contributed by atoms with Crippen LogP contribution in [0, 0.1) is 13.8 Å². The lowest BCUT2D eigenvalue weighted by Crippen LogP contribution is -2.46. The van der Waals surface area contributed by atoms with Gasteiger partial charge in [-0.15, -0.1) is 0 Å². The van der Waals surface area contributed by atoms with E-state index in [1.807, 2.05) is 32.0 Å². The van der Waals surface area contributed by atoms with Gasteiger partial charge in [0.25, 0.3) is 0 Å². The van der Waals surface area contributed by atoms with E-state index in [-0.39, 0.29) is 5.75 Å². The third-order valence-corrected chi connectivity index (χ3v) is 4.61. The summed E-state index contributed by atoms with van der Waals surface area (Å²) in [5.41, 5.74) is 1.52. The van der Waals surface area contributed by atoms with E-state index in [2.05, 4.69) is 24.9 Å². The van der Waals surface area contributed by atoms with E-state index in [1.54, 1.807) is 12.1 Å². The van der Waals surface area contributed by atoms with Gasteiger partial charge < -0.3 is 14.5 Å². The first kappa shape index (κ1) is 17.4. The molecule has 0 spiro atoms. The summed E-state index contributed by atoms with van der Waals surface area (Å²) in [6.07, 6.45) is 0. The zero-order chi connectivity index (χ0) is 18.8. The van der Waals surface area contributed by atoms with Crippen LogP contribution in [0.25, 0.3) is 11.4 Å². The maximum atomic E-state index is 10.1. The summed E-state index contributed by atoms with van der Waals surface area (Å²) in [4.78, 5) is 18.0. The minimum absolute atomic E-state index is 0.189. The van der Waals surface area contributed by atoms with Crippen LogP contribution in [0.5, 0.6) is 5.75 Å². The molecular formula is C19H22N6O2. The fourth-order valence-corrected chi connectivity index (χ4v) is 3.23. The number of hydrogen-bond acceptors (Lipinski definition) is 8. The number of aromatic nitrogens is 4. The summed E-state index contributed by atoms with van der Waals surface area (Å²) < 4.78 is 5.21. The molecule has 0 unspecified atom stereocenters. The van der Waals surface area contributed by atoms with Crippen molar-refractivity contribution in [1.82, 2.24) is 25.0 Å². The Morgan fingerprint density at radius 2 is 1.81 bits per heavy atom. The van der Waals surface area contributed by atoms with E-state index in [1.165, 1.54) is 0 Å². The molecule has 0 bridgehead atoms. The topological polar surface area (TPSA) is 91.4 Å². The number of rotatable bonds is 4. The average Bonchev–Trinajstić information content (AvgIpc) is 3.07. The molecule has 0 radical (unpaired) electrons. The Morgan fingerprint density at radius 1 is 1.04 bits per heavy atom. The Kier molecular flexibility index (Phi) is 4.72. The second kappa shape index (κ2) is 7.32. The van der Waals surface area contributed by atoms with Crippen molar-refractivity contribution in [2.75, 3.05) is 31.1 Å². The van der Waals surface area contributed by atoms with E-state index in [4.69, 9.17) is 9.51 Å². The molecule has 27 heavy (non-hydrogen) atoms. The molecule has 0 amide bonds. The number of aryl methyl sites for hydroxylation is 2. The van der Waals surface area contributed by atoms with Gasteiger partial charge in [-0.1, -0.05) is 17.3 Å². The third-order valence-electron chi connectivity index (χ3n) is 4.61. The van der Waals surface area contributed by atoms with E-state index in [9.17, 15) is 5.11 Å². The van der Waals surface area contributed by atoms with Crippen LogP contribution in [-0.2, 0) is 6.54 Å². The van der Waals surface area contributed by atoms with Gasteiger partial charge in [-0.2, -0.15) is 4.98 Å². The predicted molar refractivity (Wildman–Crippen MR) is 100 cm³/mol. The average molecular weight is 366 g/mol. The summed E-state index contributed by atoms with van der Waals surface area (Å²) >= 11 is 0. The number of para-hydroxylation sites is 1. The lowest BCUT2D eigenvalue weighted by atomic mass is 10.2. The molecule has 4 rings (SSSR count). The van der Waals surface area contributed by atoms with Gasteiger partial charge >= 0.3 is 0 Å². The van der Waals surface area contributed by atoms with Gasteiger partial charge in [-0.3, -0.25) is 4.90 Å². The zero-order valence-corrected chi connectivity index (χ0v) is 15.5. The molecule has 0 atom stereocenters. The summed E-state index contributed by atoms with van der Waals surface area (Å²) in [6, 6.07) is 9.13. The fourth-order valence-electron chi connectivity index (χ4n) is 3.23. The second-order valence-electron chi connectivity index (χ2n) is 6.71. The fraction of sp³-hybridized carbons (Fsp3) is 0.368. The highest BCUT2D eigenvalue weighted by Crippen LogP contribution is 2.28. The summed E-state index contributed by atoms with van der Waals surface area (Å²) in [7, 11) is 0. The van der Waals surface area contributed by atoms with Crippen molar-refractivity contribution in [1.29, 1.82) is 0 Å². The number of phenolic OH excluding ortho intramolecular Hbond substituents is 1. The van der Waals surface area contributed by atoms with Crippen LogP contribution in [0.3, 0.4) is 0 Å². The Bertz CT molecular complexity index is 933. The monoisotopic (exact) mass is 366 g/mol. The van der Waals surface area contributed by atoms with Crippen LogP contribution in [0.1, 0.15) is 17.4 Å². The van der Waals surface area contributed by atoms with E-state index < -0.39 is 0 Å². The third kappa shape index (κ3) is 3.90. The van der Waals surface area contributed by atoms with Crippen molar-refractivity contribution in [3.63, 3.8) is 0 Å². The molecule has 1 aliphatic heterocycles. The van der Waals surface area contributed by atoms with Gasteiger partial charge in [0.05, 0.1) is 12.1 Å². The van der Waals surface area contributed by atoms with Gasteiger partial charge in [-0.25, -0.2) is 9.97 Å². The molecule has 1 aromatic carbocycles. The summed E-state index contributed by atoms with van der Waals surface area (Å²) in [6.45, 7) is 7.91. The highest BCUT2D eigenvalue weighted by molar-refractivity contribution is 5.65. The highest BCUT2D eigenvalue weighted by Gasteiger charge is 2.21. The minimum Gasteiger partial charge on any atom is -0.507 e. The van der Waals surface area contributed by atoms with Gasteiger partial charge in [-0.05, 0) is 26.0 Å². The Labute approximate surface area is 157 Å². The highest BCUT2D eigenvalue weighted by atomic mass is 16.5. The number of nitrogens with zero attached hydrogens (tertiary/aromatic N) is 6. The normalized spacial score (nSPS) is 15.3. The first-order valence-electron chi connectivity index (χ1n) is 8.99. The van der Waals surface area contributed by atoms with E-state index >= 15 is 0 Å². The standard InChI is InChI=1S/C19H22N6O2/c1-13-11-17(22-19(20-13)15-5-3-4-6-16(15)26)25-9-7-24(8-10-25)12-18-21-14(2)23-27-18/h3-6,11,26H,7-10,12H2,1-2H3. The number of aromatic hydroxyl groups is 1. The first-order chi connectivity index (χ1) is 13.1. The predicted octanol–water partition coefficient (Wildman–Crippen LogP) is 2.17. The van der Waals surface area contributed by atoms with Crippen molar-refractivity contribution in [3.8, 4) is 17.1 Å². The molecule has 2 aromatic heterocycles. The number of hydrogen-bond donors (Lipinski definition) is 1. The molecule has 1 aliphatic rings. The molecule has 3 aromatic rings. The number of anilines is 1. The number of benzene rings is 1. The molecule has 8 nitrogen and oxygen atoms in total. The molecule has 8 heteroatoms. The van der Waals surface area contributed by atoms with E-state index in [0.717, 1.165) is 37.7 Å². The maximum absolute atomic E-state index is 10.1. The largest absolute Gasteiger partial charge is 0.507 e. The SMILES string of the molecule is Cc1cc(N2CCN(Cc3nc(C)no3)CC2)nc(-c2ccccc2O)n1. The lowest BCUT2D eigenvalue weighted by Gasteiger charge is -2.34. The van der Waals surface area contributed by atoms with Gasteiger partial charge in [0.1, 0.15) is 11.6 Å². The molecular weight excluding hydrogens is 344 g/mol. The number of piperazine rings is 1. The molecule has 1 saturated heterocycles. The molecule has 1 N–H and O–H groups in total. The maximum Gasteiger partial charge on any atom is 0.240 e. The molecule has 3 heterocycles. The molecule has 0 saturated carbocycles. The first-order valence-corrected chi connectivity index (χ1v) is 8.99. The van der Waals surface area contributed by atoms with Crippen LogP contribution in [0.2, 0.25) is 0 Å². The van der Waals surface area contributed by atoms with E-state index in [0.29, 0.717) is 29.6 Å². The molecule has 140 valence electrons. The Balaban J connectivity index is 1.47. The molecule has 0 aliphatic carbocycles. The van der Waals surface area contributed by atoms with Gasteiger partial charge in [0, 0.05) is 37.9 Å². The second-order valence-corrected chi connectivity index (χ2v) is 6.71. The van der Waals surface area contributed by atoms with Crippen LogP contribution < -0.4 is 4.90 Å². The van der Waals surface area contributed by atoms with Crippen LogP contribution in [0.15, 0.2) is 34.9 Å². The summed E-state index contributed by atoms with van der Waals surface area (Å²) in [5.74, 6) is 2.94. The van der Waals surface area contributed by atoms with Gasteiger partial charge in [0.15, 0.2) is 11.6 Å². The van der Waals surface area contributed by atoms with Crippen molar-refractivity contribution < 1.29 is 9.63 Å². The Hall–Kier alpha value is -3.00. The van der Waals surface area contributed by atoms with Crippen molar-refractivity contribution >= 4 is 5.82 Å². The Morgan fingerprint density at radius 3 is 2.52 bits per heavy atom. The van der Waals surface area contributed by atoms with Crippen LogP contribution >= 0.6 is 0 Å². The minimum atomic E-state index is 0.189. The van der Waals surface area contributed by atoms with Crippen LogP contribution in [-0.4, -0.2) is 56.3 Å². The lowest BCUT2D eigenvalue weighted by molar-refractivity contribution is 0.215. The van der Waals surface area contributed by atoms with Crippen LogP contribution in [0.4, 0.5) is 5.82 Å². The van der Waals surface area contributed by atoms with Crippen molar-refractivity contribution in [2.45, 2.75) is 20.4 Å².